The van der Waals surface area contributed by atoms with Crippen LogP contribution in [-0.4, -0.2) is 58.3 Å². The predicted molar refractivity (Wildman–Crippen MR) is 84.3 cm³/mol. The maximum atomic E-state index is 12.1. The summed E-state index contributed by atoms with van der Waals surface area (Å²) in [5.41, 5.74) is 0.740. The zero-order chi connectivity index (χ0) is 16.8. The molecule has 1 aromatic carbocycles. The molecule has 124 valence electrons. The normalized spacial score (nSPS) is 10.4. The molecular weight excluding hydrogens is 298 g/mol. The third-order valence-corrected chi connectivity index (χ3v) is 3.49. The van der Waals surface area contributed by atoms with E-state index in [4.69, 9.17) is 9.47 Å². The molecule has 0 fully saturated rings. The van der Waals surface area contributed by atoms with Crippen LogP contribution < -0.4 is 9.47 Å². The van der Waals surface area contributed by atoms with Crippen molar-refractivity contribution in [1.82, 2.24) is 25.1 Å². The third-order valence-electron chi connectivity index (χ3n) is 3.49. The van der Waals surface area contributed by atoms with Crippen molar-refractivity contribution in [3.8, 4) is 22.9 Å². The molecule has 0 aliphatic heterocycles. The van der Waals surface area contributed by atoms with E-state index in [1.54, 1.807) is 31.3 Å². The number of hydrogen-bond donors (Lipinski definition) is 0. The fourth-order valence-electron chi connectivity index (χ4n) is 2.20. The summed E-state index contributed by atoms with van der Waals surface area (Å²) >= 11 is 0. The number of carbonyl (C=O) groups excluding carboxylic acids is 1. The number of methoxy groups -OCH3 is 2. The molecule has 0 saturated carbocycles. The van der Waals surface area contributed by atoms with Gasteiger partial charge in [0.1, 0.15) is 6.54 Å². The molecule has 0 radical (unpaired) electrons. The minimum atomic E-state index is -0.0359. The van der Waals surface area contributed by atoms with Crippen molar-refractivity contribution in [3.05, 3.63) is 18.2 Å². The third kappa shape index (κ3) is 3.77. The van der Waals surface area contributed by atoms with E-state index in [-0.39, 0.29) is 12.5 Å². The summed E-state index contributed by atoms with van der Waals surface area (Å²) < 4.78 is 10.5. The number of rotatable bonds is 7. The van der Waals surface area contributed by atoms with Gasteiger partial charge in [0.25, 0.3) is 0 Å². The van der Waals surface area contributed by atoms with Gasteiger partial charge < -0.3 is 14.4 Å². The number of tetrazole rings is 1. The van der Waals surface area contributed by atoms with Gasteiger partial charge in [0.15, 0.2) is 11.5 Å². The lowest BCUT2D eigenvalue weighted by molar-refractivity contribution is -0.131. The molecule has 1 heterocycles. The molecule has 23 heavy (non-hydrogen) atoms. The molecule has 0 bridgehead atoms. The summed E-state index contributed by atoms with van der Waals surface area (Å²) in [5, 5.41) is 12.2. The number of carbonyl (C=O) groups is 1. The lowest BCUT2D eigenvalue weighted by Gasteiger charge is -2.17. The van der Waals surface area contributed by atoms with Gasteiger partial charge in [-0.25, -0.2) is 0 Å². The van der Waals surface area contributed by atoms with Crippen LogP contribution in [0.4, 0.5) is 0 Å². The number of likely N-dealkylation sites (N-methyl/N-ethyl adjacent to an activating group) is 1. The van der Waals surface area contributed by atoms with Gasteiger partial charge in [0.05, 0.1) is 14.2 Å². The van der Waals surface area contributed by atoms with Gasteiger partial charge in [0.2, 0.25) is 11.7 Å². The second kappa shape index (κ2) is 7.57. The van der Waals surface area contributed by atoms with E-state index in [0.29, 0.717) is 30.4 Å². The van der Waals surface area contributed by atoms with Gasteiger partial charge in [0, 0.05) is 18.7 Å². The Balaban J connectivity index is 2.17. The molecule has 2 aromatic rings. The zero-order valence-corrected chi connectivity index (χ0v) is 13.8. The van der Waals surface area contributed by atoms with Gasteiger partial charge in [-0.1, -0.05) is 0 Å². The number of nitrogens with zero attached hydrogens (tertiary/aromatic N) is 5. The molecule has 1 amide bonds. The highest BCUT2D eigenvalue weighted by atomic mass is 16.5. The average Bonchev–Trinajstić information content (AvgIpc) is 3.03. The monoisotopic (exact) mass is 319 g/mol. The number of amides is 1. The number of benzene rings is 1. The highest BCUT2D eigenvalue weighted by molar-refractivity contribution is 5.75. The minimum Gasteiger partial charge on any atom is -0.493 e. The SMILES string of the molecule is CCN(CC)C(=O)Cn1nnc(-c2ccc(OC)c(OC)c2)n1. The highest BCUT2D eigenvalue weighted by Crippen LogP contribution is 2.30. The van der Waals surface area contributed by atoms with Gasteiger partial charge in [-0.3, -0.25) is 4.79 Å². The quantitative estimate of drug-likeness (QED) is 0.763. The lowest BCUT2D eigenvalue weighted by Crippen LogP contribution is -2.34. The summed E-state index contributed by atoms with van der Waals surface area (Å²) in [5.74, 6) is 1.60. The Bertz CT molecular complexity index is 667. The van der Waals surface area contributed by atoms with Crippen molar-refractivity contribution in [2.45, 2.75) is 20.4 Å². The second-order valence-corrected chi connectivity index (χ2v) is 4.78. The van der Waals surface area contributed by atoms with Crippen LogP contribution in [0.2, 0.25) is 0 Å². The Hall–Kier alpha value is -2.64. The minimum absolute atomic E-state index is 0.0359. The summed E-state index contributed by atoms with van der Waals surface area (Å²) in [6, 6.07) is 5.36. The standard InChI is InChI=1S/C15H21N5O3/c1-5-19(6-2)14(21)10-20-17-15(16-18-20)11-7-8-12(22-3)13(9-11)23-4/h7-9H,5-6,10H2,1-4H3. The Morgan fingerprint density at radius 3 is 2.48 bits per heavy atom. The molecule has 0 aliphatic rings. The topological polar surface area (TPSA) is 82.4 Å². The Kier molecular flexibility index (Phi) is 5.51. The molecule has 0 spiro atoms. The fraction of sp³-hybridized carbons (Fsp3) is 0.467. The fourth-order valence-corrected chi connectivity index (χ4v) is 2.20. The van der Waals surface area contributed by atoms with Gasteiger partial charge in [-0.05, 0) is 37.3 Å². The smallest absolute Gasteiger partial charge is 0.246 e. The molecule has 0 saturated heterocycles. The van der Waals surface area contributed by atoms with Crippen molar-refractivity contribution in [3.63, 3.8) is 0 Å². The van der Waals surface area contributed by atoms with Crippen molar-refractivity contribution >= 4 is 5.91 Å². The Labute approximate surface area is 135 Å². The molecule has 8 nitrogen and oxygen atoms in total. The van der Waals surface area contributed by atoms with Crippen LogP contribution in [0.1, 0.15) is 13.8 Å². The highest BCUT2D eigenvalue weighted by Gasteiger charge is 2.14. The molecule has 0 N–H and O–H groups in total. The largest absolute Gasteiger partial charge is 0.493 e. The van der Waals surface area contributed by atoms with Gasteiger partial charge in [-0.2, -0.15) is 4.80 Å². The molecule has 0 unspecified atom stereocenters. The summed E-state index contributed by atoms with van der Waals surface area (Å²) in [6.07, 6.45) is 0. The molecule has 2 rings (SSSR count). The van der Waals surface area contributed by atoms with E-state index in [1.165, 1.54) is 4.80 Å². The second-order valence-electron chi connectivity index (χ2n) is 4.78. The molecular formula is C15H21N5O3. The molecule has 0 aliphatic carbocycles. The maximum Gasteiger partial charge on any atom is 0.246 e. The average molecular weight is 319 g/mol. The van der Waals surface area contributed by atoms with Crippen molar-refractivity contribution in [1.29, 1.82) is 0 Å². The zero-order valence-electron chi connectivity index (χ0n) is 13.8. The van der Waals surface area contributed by atoms with Gasteiger partial charge in [-0.15, -0.1) is 10.2 Å². The van der Waals surface area contributed by atoms with Gasteiger partial charge >= 0.3 is 0 Å². The summed E-state index contributed by atoms with van der Waals surface area (Å²) in [4.78, 5) is 15.1. The lowest BCUT2D eigenvalue weighted by atomic mass is 10.2. The van der Waals surface area contributed by atoms with Crippen LogP contribution in [0.15, 0.2) is 18.2 Å². The van der Waals surface area contributed by atoms with Crippen LogP contribution in [0.25, 0.3) is 11.4 Å². The molecule has 8 heteroatoms. The Morgan fingerprint density at radius 1 is 1.17 bits per heavy atom. The van der Waals surface area contributed by atoms with E-state index in [2.05, 4.69) is 15.4 Å². The summed E-state index contributed by atoms with van der Waals surface area (Å²) in [6.45, 7) is 5.26. The van der Waals surface area contributed by atoms with Crippen molar-refractivity contribution in [2.75, 3.05) is 27.3 Å². The number of ether oxygens (including phenoxy) is 2. The van der Waals surface area contributed by atoms with Crippen LogP contribution in [0, 0.1) is 0 Å². The predicted octanol–water partition coefficient (Wildman–Crippen LogP) is 1.23. The molecule has 0 atom stereocenters. The molecule has 1 aromatic heterocycles. The first kappa shape index (κ1) is 16.7. The van der Waals surface area contributed by atoms with E-state index >= 15 is 0 Å². The van der Waals surface area contributed by atoms with E-state index in [1.807, 2.05) is 19.9 Å². The first-order valence-corrected chi connectivity index (χ1v) is 7.40. The number of hydrogen-bond acceptors (Lipinski definition) is 6. The van der Waals surface area contributed by atoms with E-state index in [9.17, 15) is 4.79 Å². The van der Waals surface area contributed by atoms with Crippen molar-refractivity contribution < 1.29 is 14.3 Å². The van der Waals surface area contributed by atoms with Crippen molar-refractivity contribution in [2.24, 2.45) is 0 Å². The van der Waals surface area contributed by atoms with Crippen LogP contribution >= 0.6 is 0 Å². The van der Waals surface area contributed by atoms with Crippen LogP contribution in [0.3, 0.4) is 0 Å². The summed E-state index contributed by atoms with van der Waals surface area (Å²) in [7, 11) is 3.14. The first-order chi connectivity index (χ1) is 11.1. The van der Waals surface area contributed by atoms with E-state index < -0.39 is 0 Å². The van der Waals surface area contributed by atoms with E-state index in [0.717, 1.165) is 5.56 Å². The Morgan fingerprint density at radius 2 is 1.87 bits per heavy atom. The number of aromatic nitrogens is 4. The first-order valence-electron chi connectivity index (χ1n) is 7.40. The maximum absolute atomic E-state index is 12.1. The van der Waals surface area contributed by atoms with Crippen LogP contribution in [-0.2, 0) is 11.3 Å². The van der Waals surface area contributed by atoms with Crippen LogP contribution in [0.5, 0.6) is 11.5 Å².